The van der Waals surface area contributed by atoms with Crippen LogP contribution in [-0.2, 0) is 4.79 Å². The van der Waals surface area contributed by atoms with Crippen molar-refractivity contribution < 1.29 is 4.79 Å². The van der Waals surface area contributed by atoms with Gasteiger partial charge in [0.2, 0.25) is 5.91 Å². The van der Waals surface area contributed by atoms with E-state index < -0.39 is 0 Å². The normalized spacial score (nSPS) is 13.8. The summed E-state index contributed by atoms with van der Waals surface area (Å²) >= 11 is 3.48. The molecule has 1 unspecified atom stereocenters. The Kier molecular flexibility index (Phi) is 6.41. The zero-order chi connectivity index (χ0) is 11.2. The Morgan fingerprint density at radius 1 is 1.43 bits per heavy atom. The van der Waals surface area contributed by atoms with Crippen LogP contribution in [0.4, 0.5) is 0 Å². The van der Waals surface area contributed by atoms with Gasteiger partial charge >= 0.3 is 0 Å². The van der Waals surface area contributed by atoms with Gasteiger partial charge in [-0.25, -0.2) is 0 Å². The molecular formula is C11H22BrNO. The van der Waals surface area contributed by atoms with Gasteiger partial charge in [-0.3, -0.25) is 4.79 Å². The second kappa shape index (κ2) is 6.44. The smallest absolute Gasteiger partial charge is 0.220 e. The van der Waals surface area contributed by atoms with E-state index in [1.54, 1.807) is 0 Å². The molecule has 3 heteroatoms. The minimum Gasteiger partial charge on any atom is -0.356 e. The summed E-state index contributed by atoms with van der Waals surface area (Å²) in [5.41, 5.74) is 0.0901. The lowest BCUT2D eigenvalue weighted by Crippen LogP contribution is -2.28. The summed E-state index contributed by atoms with van der Waals surface area (Å²) in [4.78, 5) is 11.9. The van der Waals surface area contributed by atoms with Gasteiger partial charge in [-0.2, -0.15) is 0 Å². The first-order valence-corrected chi connectivity index (χ1v) is 6.13. The van der Waals surface area contributed by atoms with E-state index in [-0.39, 0.29) is 11.3 Å². The maximum atomic E-state index is 11.4. The van der Waals surface area contributed by atoms with Crippen molar-refractivity contribution in [3.8, 4) is 0 Å². The fraction of sp³-hybridized carbons (Fsp3) is 0.909. The van der Waals surface area contributed by atoms with Crippen molar-refractivity contribution in [2.45, 2.75) is 51.8 Å². The van der Waals surface area contributed by atoms with Crippen LogP contribution in [0.15, 0.2) is 0 Å². The van der Waals surface area contributed by atoms with Gasteiger partial charge in [-0.15, -0.1) is 0 Å². The number of amides is 1. The van der Waals surface area contributed by atoms with Crippen molar-refractivity contribution in [1.29, 1.82) is 0 Å². The molecule has 0 saturated carbocycles. The summed E-state index contributed by atoms with van der Waals surface area (Å²) in [6.45, 7) is 9.15. The number of rotatable bonds is 5. The van der Waals surface area contributed by atoms with Crippen molar-refractivity contribution in [3.63, 3.8) is 0 Å². The van der Waals surface area contributed by atoms with E-state index in [9.17, 15) is 4.79 Å². The van der Waals surface area contributed by atoms with Crippen LogP contribution in [0.3, 0.4) is 0 Å². The highest BCUT2D eigenvalue weighted by Crippen LogP contribution is 2.17. The second-order valence-corrected chi connectivity index (χ2v) is 6.57. The minimum atomic E-state index is 0.0901. The van der Waals surface area contributed by atoms with Crippen LogP contribution in [0.5, 0.6) is 0 Å². The molecule has 14 heavy (non-hydrogen) atoms. The van der Waals surface area contributed by atoms with Gasteiger partial charge in [0, 0.05) is 17.8 Å². The van der Waals surface area contributed by atoms with Crippen LogP contribution in [0.1, 0.15) is 47.0 Å². The van der Waals surface area contributed by atoms with Crippen LogP contribution < -0.4 is 5.32 Å². The Bertz CT molecular complexity index is 173. The van der Waals surface area contributed by atoms with Crippen molar-refractivity contribution in [1.82, 2.24) is 5.32 Å². The summed E-state index contributed by atoms with van der Waals surface area (Å²) in [5, 5.41) is 2.93. The largest absolute Gasteiger partial charge is 0.356 e. The van der Waals surface area contributed by atoms with E-state index in [1.165, 1.54) is 0 Å². The van der Waals surface area contributed by atoms with Gasteiger partial charge in [-0.1, -0.05) is 43.6 Å². The topological polar surface area (TPSA) is 29.1 Å². The van der Waals surface area contributed by atoms with E-state index in [4.69, 9.17) is 0 Å². The molecule has 0 aromatic rings. The molecule has 0 aliphatic heterocycles. The molecule has 0 aliphatic rings. The summed E-state index contributed by atoms with van der Waals surface area (Å²) in [5.74, 6) is 0.166. The average molecular weight is 264 g/mol. The molecule has 0 aromatic carbocycles. The van der Waals surface area contributed by atoms with Crippen LogP contribution >= 0.6 is 15.9 Å². The highest BCUT2D eigenvalue weighted by molar-refractivity contribution is 9.09. The number of nitrogens with one attached hydrogen (secondary N) is 1. The zero-order valence-corrected chi connectivity index (χ0v) is 11.3. The Morgan fingerprint density at radius 3 is 2.43 bits per heavy atom. The maximum absolute atomic E-state index is 11.4. The van der Waals surface area contributed by atoms with Gasteiger partial charge in [0.05, 0.1) is 0 Å². The molecule has 0 spiro atoms. The summed E-state index contributed by atoms with van der Waals surface area (Å²) < 4.78 is 0. The monoisotopic (exact) mass is 263 g/mol. The van der Waals surface area contributed by atoms with E-state index in [2.05, 4.69) is 48.9 Å². The molecule has 0 bridgehead atoms. The Labute approximate surface area is 96.0 Å². The number of hydrogen-bond donors (Lipinski definition) is 1. The van der Waals surface area contributed by atoms with Crippen LogP contribution in [-0.4, -0.2) is 17.3 Å². The highest BCUT2D eigenvalue weighted by atomic mass is 79.9. The molecular weight excluding hydrogens is 242 g/mol. The third-order valence-electron chi connectivity index (χ3n) is 1.79. The molecule has 0 aromatic heterocycles. The molecule has 2 nitrogen and oxygen atoms in total. The number of hydrogen-bond acceptors (Lipinski definition) is 1. The van der Waals surface area contributed by atoms with Gasteiger partial charge in [-0.05, 0) is 18.3 Å². The molecule has 1 amide bonds. The SMILES string of the molecule is CC(Br)CCCNC(=O)CC(C)(C)C. The average Bonchev–Trinajstić information content (AvgIpc) is 1.94. The quantitative estimate of drug-likeness (QED) is 0.600. The fourth-order valence-electron chi connectivity index (χ4n) is 1.16. The lowest BCUT2D eigenvalue weighted by molar-refractivity contribution is -0.122. The van der Waals surface area contributed by atoms with Crippen LogP contribution in [0.25, 0.3) is 0 Å². The second-order valence-electron chi connectivity index (χ2n) is 5.01. The molecule has 84 valence electrons. The molecule has 1 N–H and O–H groups in total. The van der Waals surface area contributed by atoms with Crippen molar-refractivity contribution >= 4 is 21.8 Å². The number of carbonyl (C=O) groups excluding carboxylic acids is 1. The Balaban J connectivity index is 3.46. The minimum absolute atomic E-state index is 0.0901. The highest BCUT2D eigenvalue weighted by Gasteiger charge is 2.15. The van der Waals surface area contributed by atoms with E-state index >= 15 is 0 Å². The van der Waals surface area contributed by atoms with Crippen molar-refractivity contribution in [2.75, 3.05) is 6.54 Å². The predicted octanol–water partition coefficient (Wildman–Crippen LogP) is 3.10. The molecule has 0 saturated heterocycles. The standard InChI is InChI=1S/C11H22BrNO/c1-9(12)6-5-7-13-10(14)8-11(2,3)4/h9H,5-8H2,1-4H3,(H,13,14). The third kappa shape index (κ3) is 10.0. The molecule has 0 fully saturated rings. The maximum Gasteiger partial charge on any atom is 0.220 e. The third-order valence-corrected chi connectivity index (χ3v) is 2.25. The Hall–Kier alpha value is -0.0500. The fourth-order valence-corrected chi connectivity index (χ4v) is 1.48. The zero-order valence-electron chi connectivity index (χ0n) is 9.69. The lowest BCUT2D eigenvalue weighted by Gasteiger charge is -2.17. The van der Waals surface area contributed by atoms with E-state index in [1.807, 2.05) is 0 Å². The number of alkyl halides is 1. The molecule has 0 radical (unpaired) electrons. The van der Waals surface area contributed by atoms with Gasteiger partial charge in [0.1, 0.15) is 0 Å². The molecule has 0 aliphatic carbocycles. The predicted molar refractivity (Wildman–Crippen MR) is 64.7 cm³/mol. The van der Waals surface area contributed by atoms with Crippen LogP contribution in [0.2, 0.25) is 0 Å². The summed E-state index contributed by atoms with van der Waals surface area (Å²) in [6.07, 6.45) is 2.76. The molecule has 0 rings (SSSR count). The van der Waals surface area contributed by atoms with E-state index in [0.29, 0.717) is 11.2 Å². The summed E-state index contributed by atoms with van der Waals surface area (Å²) in [6, 6.07) is 0. The summed E-state index contributed by atoms with van der Waals surface area (Å²) in [7, 11) is 0. The van der Waals surface area contributed by atoms with Gasteiger partial charge in [0.25, 0.3) is 0 Å². The molecule has 0 heterocycles. The van der Waals surface area contributed by atoms with Crippen molar-refractivity contribution in [3.05, 3.63) is 0 Å². The van der Waals surface area contributed by atoms with Crippen LogP contribution in [0, 0.1) is 5.41 Å². The van der Waals surface area contributed by atoms with Gasteiger partial charge < -0.3 is 5.32 Å². The lowest BCUT2D eigenvalue weighted by atomic mass is 9.92. The first kappa shape index (κ1) is 13.9. The first-order valence-electron chi connectivity index (χ1n) is 5.22. The van der Waals surface area contributed by atoms with E-state index in [0.717, 1.165) is 19.4 Å². The number of carbonyl (C=O) groups is 1. The molecule has 1 atom stereocenters. The van der Waals surface area contributed by atoms with Gasteiger partial charge in [0.15, 0.2) is 0 Å². The van der Waals surface area contributed by atoms with Crippen molar-refractivity contribution in [2.24, 2.45) is 5.41 Å². The Morgan fingerprint density at radius 2 is 2.00 bits per heavy atom. The number of halogens is 1. The first-order chi connectivity index (χ1) is 6.31.